The smallest absolute Gasteiger partial charge is 0.0702 e. The van der Waals surface area contributed by atoms with E-state index in [0.717, 1.165) is 30.5 Å². The molecule has 1 aliphatic heterocycles. The molecule has 1 heterocycles. The third kappa shape index (κ3) is 3.82. The fourth-order valence-corrected chi connectivity index (χ4v) is 3.48. The number of hydrogen-bond acceptors (Lipinski definition) is 3. The first-order valence-corrected chi connectivity index (χ1v) is 8.24. The van der Waals surface area contributed by atoms with Gasteiger partial charge in [0.1, 0.15) is 0 Å². The fraction of sp³-hybridized carbons (Fsp3) is 0.625. The lowest BCUT2D eigenvalue weighted by molar-refractivity contribution is 0.0627. The van der Waals surface area contributed by atoms with E-state index in [2.05, 4.69) is 53.0 Å². The van der Waals surface area contributed by atoms with Crippen molar-refractivity contribution in [1.29, 1.82) is 0 Å². The number of ether oxygens (including phenoxy) is 1. The molecule has 112 valence electrons. The molecule has 3 unspecified atom stereocenters. The molecule has 3 nitrogen and oxygen atoms in total. The van der Waals surface area contributed by atoms with Gasteiger partial charge in [-0.3, -0.25) is 4.90 Å². The highest BCUT2D eigenvalue weighted by atomic mass is 79.9. The van der Waals surface area contributed by atoms with Crippen molar-refractivity contribution in [3.63, 3.8) is 0 Å². The second-order valence-corrected chi connectivity index (χ2v) is 6.47. The molecule has 1 aliphatic rings. The molecule has 0 aromatic heterocycles. The van der Waals surface area contributed by atoms with Crippen LogP contribution in [-0.4, -0.2) is 37.2 Å². The molecular formula is C16H25BrN2O. The zero-order chi connectivity index (χ0) is 14.5. The van der Waals surface area contributed by atoms with Crippen LogP contribution in [0.15, 0.2) is 28.7 Å². The van der Waals surface area contributed by atoms with Gasteiger partial charge in [-0.05, 0) is 37.9 Å². The Labute approximate surface area is 130 Å². The molecule has 1 aromatic carbocycles. The first-order chi connectivity index (χ1) is 9.63. The summed E-state index contributed by atoms with van der Waals surface area (Å²) in [6.07, 6.45) is 3.66. The summed E-state index contributed by atoms with van der Waals surface area (Å²) in [6, 6.07) is 8.72. The average molecular weight is 341 g/mol. The maximum Gasteiger partial charge on any atom is 0.0702 e. The first kappa shape index (κ1) is 16.0. The number of benzene rings is 1. The van der Waals surface area contributed by atoms with Crippen molar-refractivity contribution in [3.8, 4) is 0 Å². The molecule has 1 fully saturated rings. The third-order valence-electron chi connectivity index (χ3n) is 4.09. The minimum Gasteiger partial charge on any atom is -0.377 e. The standard InChI is InChI=1S/C16H25BrN2O/c1-3-15(18)16(13-8-4-5-9-14(13)17)19(2)11-12-7-6-10-20-12/h4-5,8-9,12,15-16H,3,6-7,10-11,18H2,1-2H3. The molecule has 0 spiro atoms. The van der Waals surface area contributed by atoms with Crippen molar-refractivity contribution in [2.75, 3.05) is 20.2 Å². The second-order valence-electron chi connectivity index (χ2n) is 5.61. The molecule has 3 atom stereocenters. The van der Waals surface area contributed by atoms with Crippen LogP contribution in [-0.2, 0) is 4.74 Å². The Kier molecular flexibility index (Phi) is 6.02. The number of rotatable bonds is 6. The Morgan fingerprint density at radius 3 is 2.80 bits per heavy atom. The van der Waals surface area contributed by atoms with Gasteiger partial charge in [-0.15, -0.1) is 0 Å². The van der Waals surface area contributed by atoms with E-state index in [4.69, 9.17) is 10.5 Å². The minimum absolute atomic E-state index is 0.125. The van der Waals surface area contributed by atoms with Crippen molar-refractivity contribution in [2.24, 2.45) is 5.73 Å². The average Bonchev–Trinajstić information content (AvgIpc) is 2.93. The fourth-order valence-electron chi connectivity index (χ4n) is 2.96. The van der Waals surface area contributed by atoms with Gasteiger partial charge in [0.15, 0.2) is 0 Å². The predicted octanol–water partition coefficient (Wildman–Crippen LogP) is 3.34. The quantitative estimate of drug-likeness (QED) is 0.863. The molecule has 0 radical (unpaired) electrons. The minimum atomic E-state index is 0.125. The molecule has 1 aromatic rings. The summed E-state index contributed by atoms with van der Waals surface area (Å²) in [5, 5.41) is 0. The summed E-state index contributed by atoms with van der Waals surface area (Å²) < 4.78 is 6.89. The molecule has 20 heavy (non-hydrogen) atoms. The second kappa shape index (κ2) is 7.55. The molecule has 0 saturated carbocycles. The number of halogens is 1. The Morgan fingerprint density at radius 1 is 1.45 bits per heavy atom. The van der Waals surface area contributed by atoms with E-state index in [-0.39, 0.29) is 12.1 Å². The summed E-state index contributed by atoms with van der Waals surface area (Å²) in [4.78, 5) is 2.35. The Bertz CT molecular complexity index is 421. The number of likely N-dealkylation sites (N-methyl/N-ethyl adjacent to an activating group) is 1. The molecule has 0 aliphatic carbocycles. The monoisotopic (exact) mass is 340 g/mol. The van der Waals surface area contributed by atoms with E-state index in [1.807, 2.05) is 6.07 Å². The first-order valence-electron chi connectivity index (χ1n) is 7.45. The molecular weight excluding hydrogens is 316 g/mol. The Balaban J connectivity index is 2.16. The van der Waals surface area contributed by atoms with E-state index in [9.17, 15) is 0 Å². The van der Waals surface area contributed by atoms with Gasteiger partial charge in [-0.2, -0.15) is 0 Å². The van der Waals surface area contributed by atoms with Crippen LogP contribution < -0.4 is 5.73 Å². The summed E-state index contributed by atoms with van der Waals surface area (Å²) in [5.41, 5.74) is 7.66. The van der Waals surface area contributed by atoms with Crippen molar-refractivity contribution >= 4 is 15.9 Å². The van der Waals surface area contributed by atoms with Crippen LogP contribution >= 0.6 is 15.9 Å². The van der Waals surface area contributed by atoms with Crippen LogP contribution in [0, 0.1) is 0 Å². The number of nitrogens with two attached hydrogens (primary N) is 1. The highest BCUT2D eigenvalue weighted by Gasteiger charge is 2.27. The van der Waals surface area contributed by atoms with Crippen molar-refractivity contribution in [1.82, 2.24) is 4.90 Å². The third-order valence-corrected chi connectivity index (χ3v) is 4.81. The largest absolute Gasteiger partial charge is 0.377 e. The van der Waals surface area contributed by atoms with Gasteiger partial charge in [0.2, 0.25) is 0 Å². The van der Waals surface area contributed by atoms with E-state index in [1.54, 1.807) is 0 Å². The molecule has 2 N–H and O–H groups in total. The predicted molar refractivity (Wildman–Crippen MR) is 86.8 cm³/mol. The van der Waals surface area contributed by atoms with Gasteiger partial charge >= 0.3 is 0 Å². The number of hydrogen-bond donors (Lipinski definition) is 1. The van der Waals surface area contributed by atoms with Gasteiger partial charge in [0.05, 0.1) is 12.1 Å². The summed E-state index contributed by atoms with van der Waals surface area (Å²) in [5.74, 6) is 0. The van der Waals surface area contributed by atoms with E-state index in [0.29, 0.717) is 6.10 Å². The van der Waals surface area contributed by atoms with Crippen LogP contribution in [0.3, 0.4) is 0 Å². The SMILES string of the molecule is CCC(N)C(c1ccccc1Br)N(C)CC1CCCO1. The Hall–Kier alpha value is -0.420. The normalized spacial score (nSPS) is 22.1. The lowest BCUT2D eigenvalue weighted by Gasteiger charge is -2.34. The molecule has 2 rings (SSSR count). The van der Waals surface area contributed by atoms with Gasteiger partial charge < -0.3 is 10.5 Å². The summed E-state index contributed by atoms with van der Waals surface area (Å²) >= 11 is 3.66. The molecule has 4 heteroatoms. The van der Waals surface area contributed by atoms with Crippen LogP contribution in [0.5, 0.6) is 0 Å². The molecule has 0 bridgehead atoms. The zero-order valence-electron chi connectivity index (χ0n) is 12.4. The van der Waals surface area contributed by atoms with E-state index < -0.39 is 0 Å². The van der Waals surface area contributed by atoms with Gasteiger partial charge in [0, 0.05) is 23.7 Å². The summed E-state index contributed by atoms with van der Waals surface area (Å²) in [6.45, 7) is 3.99. The topological polar surface area (TPSA) is 38.5 Å². The van der Waals surface area contributed by atoms with Crippen LogP contribution in [0.2, 0.25) is 0 Å². The Morgan fingerprint density at radius 2 is 2.20 bits per heavy atom. The van der Waals surface area contributed by atoms with E-state index >= 15 is 0 Å². The zero-order valence-corrected chi connectivity index (χ0v) is 14.0. The highest BCUT2D eigenvalue weighted by Crippen LogP contribution is 2.31. The maximum absolute atomic E-state index is 6.39. The number of nitrogens with zero attached hydrogens (tertiary/aromatic N) is 1. The molecule has 0 amide bonds. The van der Waals surface area contributed by atoms with Crippen LogP contribution in [0.4, 0.5) is 0 Å². The van der Waals surface area contributed by atoms with Gasteiger partial charge in [0.25, 0.3) is 0 Å². The lowest BCUT2D eigenvalue weighted by Crippen LogP contribution is -2.42. The van der Waals surface area contributed by atoms with Crippen molar-refractivity contribution < 1.29 is 4.74 Å². The maximum atomic E-state index is 6.39. The van der Waals surface area contributed by atoms with E-state index in [1.165, 1.54) is 12.0 Å². The van der Waals surface area contributed by atoms with Crippen molar-refractivity contribution in [3.05, 3.63) is 34.3 Å². The van der Waals surface area contributed by atoms with Crippen molar-refractivity contribution in [2.45, 2.75) is 44.4 Å². The highest BCUT2D eigenvalue weighted by molar-refractivity contribution is 9.10. The van der Waals surface area contributed by atoms with Gasteiger partial charge in [-0.1, -0.05) is 41.1 Å². The van der Waals surface area contributed by atoms with Crippen LogP contribution in [0.25, 0.3) is 0 Å². The lowest BCUT2D eigenvalue weighted by atomic mass is 9.96. The van der Waals surface area contributed by atoms with Gasteiger partial charge in [-0.25, -0.2) is 0 Å². The summed E-state index contributed by atoms with van der Waals surface area (Å²) in [7, 11) is 2.15. The van der Waals surface area contributed by atoms with Crippen LogP contribution in [0.1, 0.15) is 37.8 Å². The molecule has 1 saturated heterocycles.